The van der Waals surface area contributed by atoms with Crippen LogP contribution < -0.4 is 5.32 Å². The molecule has 4 nitrogen and oxygen atoms in total. The van der Waals surface area contributed by atoms with Crippen molar-refractivity contribution in [1.82, 2.24) is 4.98 Å². The van der Waals surface area contributed by atoms with E-state index >= 15 is 0 Å². The summed E-state index contributed by atoms with van der Waals surface area (Å²) >= 11 is 0. The van der Waals surface area contributed by atoms with E-state index in [1.807, 2.05) is 32.0 Å². The first-order valence-corrected chi connectivity index (χ1v) is 6.55. The summed E-state index contributed by atoms with van der Waals surface area (Å²) in [5.41, 5.74) is 3.08. The summed E-state index contributed by atoms with van der Waals surface area (Å²) in [5.74, 6) is 5.72. The lowest BCUT2D eigenvalue weighted by Crippen LogP contribution is -2.14. The quantitative estimate of drug-likeness (QED) is 0.830. The number of hydrogen-bond acceptors (Lipinski definition) is 3. The number of nitrogens with one attached hydrogen (secondary N) is 1. The number of carbonyl (C=O) groups is 1. The Morgan fingerprint density at radius 3 is 2.86 bits per heavy atom. The van der Waals surface area contributed by atoms with Crippen LogP contribution >= 0.6 is 0 Å². The van der Waals surface area contributed by atoms with E-state index in [1.165, 1.54) is 0 Å². The maximum absolute atomic E-state index is 12.3. The molecule has 0 radical (unpaired) electrons. The molecule has 1 aromatic carbocycles. The minimum atomic E-state index is -0.224. The van der Waals surface area contributed by atoms with Gasteiger partial charge in [-0.2, -0.15) is 0 Å². The zero-order valence-electron chi connectivity index (χ0n) is 12.0. The predicted molar refractivity (Wildman–Crippen MR) is 82.1 cm³/mol. The van der Waals surface area contributed by atoms with Gasteiger partial charge in [0.2, 0.25) is 0 Å². The Bertz CT molecular complexity index is 727. The molecule has 0 unspecified atom stereocenters. The summed E-state index contributed by atoms with van der Waals surface area (Å²) in [5, 5.41) is 11.5. The number of carbonyl (C=O) groups excluding carboxylic acids is 1. The molecule has 1 heterocycles. The van der Waals surface area contributed by atoms with Crippen LogP contribution in [0.1, 0.15) is 27.0 Å². The van der Waals surface area contributed by atoms with Gasteiger partial charge in [-0.05, 0) is 49.2 Å². The highest BCUT2D eigenvalue weighted by atomic mass is 16.2. The molecule has 2 aromatic rings. The van der Waals surface area contributed by atoms with Crippen LogP contribution in [0.5, 0.6) is 0 Å². The number of anilines is 1. The molecule has 106 valence electrons. The number of amides is 1. The topological polar surface area (TPSA) is 62.2 Å². The molecule has 0 fully saturated rings. The van der Waals surface area contributed by atoms with E-state index in [1.54, 1.807) is 18.3 Å². The van der Waals surface area contributed by atoms with E-state index in [0.717, 1.165) is 16.7 Å². The van der Waals surface area contributed by atoms with Crippen molar-refractivity contribution in [1.29, 1.82) is 0 Å². The maximum atomic E-state index is 12.3. The minimum Gasteiger partial charge on any atom is -0.384 e. The van der Waals surface area contributed by atoms with Crippen LogP contribution in [0.15, 0.2) is 36.5 Å². The Morgan fingerprint density at radius 1 is 1.33 bits per heavy atom. The zero-order chi connectivity index (χ0) is 15.2. The van der Waals surface area contributed by atoms with E-state index in [-0.39, 0.29) is 12.5 Å². The van der Waals surface area contributed by atoms with Crippen molar-refractivity contribution < 1.29 is 9.90 Å². The first-order valence-electron chi connectivity index (χ1n) is 6.55. The highest BCUT2D eigenvalue weighted by Gasteiger charge is 2.11. The Balaban J connectivity index is 2.27. The average Bonchev–Trinajstić information content (AvgIpc) is 2.46. The monoisotopic (exact) mass is 280 g/mol. The van der Waals surface area contributed by atoms with Crippen LogP contribution in [-0.4, -0.2) is 22.6 Å². The van der Waals surface area contributed by atoms with Gasteiger partial charge in [0.25, 0.3) is 5.91 Å². The number of aromatic nitrogens is 1. The highest BCUT2D eigenvalue weighted by Crippen LogP contribution is 2.15. The number of nitrogens with zero attached hydrogens (tertiary/aromatic N) is 1. The molecule has 0 saturated heterocycles. The van der Waals surface area contributed by atoms with Gasteiger partial charge in [0.05, 0.1) is 0 Å². The number of aliphatic hydroxyl groups is 1. The fourth-order valence-corrected chi connectivity index (χ4v) is 1.94. The van der Waals surface area contributed by atoms with E-state index in [9.17, 15) is 4.79 Å². The Hall–Kier alpha value is -2.64. The molecule has 0 aliphatic rings. The molecule has 4 heteroatoms. The van der Waals surface area contributed by atoms with Gasteiger partial charge in [-0.1, -0.05) is 17.9 Å². The lowest BCUT2D eigenvalue weighted by molar-refractivity contribution is 0.102. The largest absolute Gasteiger partial charge is 0.384 e. The number of aryl methyl sites for hydroxylation is 1. The predicted octanol–water partition coefficient (Wildman–Crippen LogP) is 2.29. The lowest BCUT2D eigenvalue weighted by atomic mass is 10.0. The second-order valence-electron chi connectivity index (χ2n) is 4.61. The molecule has 0 saturated carbocycles. The summed E-state index contributed by atoms with van der Waals surface area (Å²) in [6, 6.07) is 9.01. The summed E-state index contributed by atoms with van der Waals surface area (Å²) in [6.07, 6.45) is 1.65. The molecular weight excluding hydrogens is 264 g/mol. The van der Waals surface area contributed by atoms with E-state index in [0.29, 0.717) is 11.4 Å². The normalized spacial score (nSPS) is 9.67. The van der Waals surface area contributed by atoms with Crippen molar-refractivity contribution >= 4 is 11.7 Å². The summed E-state index contributed by atoms with van der Waals surface area (Å²) < 4.78 is 0. The smallest absolute Gasteiger partial charge is 0.257 e. The third-order valence-electron chi connectivity index (χ3n) is 3.04. The number of benzene rings is 1. The second kappa shape index (κ2) is 6.69. The summed E-state index contributed by atoms with van der Waals surface area (Å²) in [6.45, 7) is 3.57. The van der Waals surface area contributed by atoms with Crippen LogP contribution in [0.2, 0.25) is 0 Å². The summed E-state index contributed by atoms with van der Waals surface area (Å²) in [4.78, 5) is 16.4. The molecule has 0 spiro atoms. The van der Waals surface area contributed by atoms with Crippen molar-refractivity contribution in [2.24, 2.45) is 0 Å². The van der Waals surface area contributed by atoms with Gasteiger partial charge in [0, 0.05) is 17.3 Å². The van der Waals surface area contributed by atoms with Crippen LogP contribution in [0.3, 0.4) is 0 Å². The number of hydrogen-bond donors (Lipinski definition) is 2. The Kier molecular flexibility index (Phi) is 4.70. The fourth-order valence-electron chi connectivity index (χ4n) is 1.94. The number of pyridine rings is 1. The molecule has 0 aliphatic heterocycles. The van der Waals surface area contributed by atoms with Crippen molar-refractivity contribution in [3.63, 3.8) is 0 Å². The van der Waals surface area contributed by atoms with E-state index in [4.69, 9.17) is 5.11 Å². The molecule has 1 aromatic heterocycles. The minimum absolute atomic E-state index is 0.205. The molecule has 21 heavy (non-hydrogen) atoms. The van der Waals surface area contributed by atoms with Crippen LogP contribution in [-0.2, 0) is 0 Å². The fraction of sp³-hybridized carbons (Fsp3) is 0.176. The van der Waals surface area contributed by atoms with Crippen molar-refractivity contribution in [3.8, 4) is 11.8 Å². The van der Waals surface area contributed by atoms with Crippen molar-refractivity contribution in [3.05, 3.63) is 58.8 Å². The van der Waals surface area contributed by atoms with Crippen LogP contribution in [0.4, 0.5) is 5.82 Å². The molecule has 2 rings (SSSR count). The SMILES string of the molecule is Cc1ccnc(NC(=O)c2cccc(C#CCO)c2C)c1. The molecular formula is C17H16N2O2. The molecule has 0 aliphatic carbocycles. The Morgan fingerprint density at radius 2 is 2.14 bits per heavy atom. The number of rotatable bonds is 2. The van der Waals surface area contributed by atoms with Crippen molar-refractivity contribution in [2.75, 3.05) is 11.9 Å². The third-order valence-corrected chi connectivity index (χ3v) is 3.04. The van der Waals surface area contributed by atoms with Gasteiger partial charge in [0.1, 0.15) is 12.4 Å². The second-order valence-corrected chi connectivity index (χ2v) is 4.61. The van der Waals surface area contributed by atoms with Gasteiger partial charge in [-0.15, -0.1) is 0 Å². The van der Waals surface area contributed by atoms with Gasteiger partial charge in [-0.3, -0.25) is 4.79 Å². The van der Waals surface area contributed by atoms with Crippen molar-refractivity contribution in [2.45, 2.75) is 13.8 Å². The first-order chi connectivity index (χ1) is 10.1. The first kappa shape index (κ1) is 14.8. The van der Waals surface area contributed by atoms with E-state index in [2.05, 4.69) is 22.1 Å². The molecule has 0 bridgehead atoms. The average molecular weight is 280 g/mol. The van der Waals surface area contributed by atoms with E-state index < -0.39 is 0 Å². The van der Waals surface area contributed by atoms with Gasteiger partial charge in [-0.25, -0.2) is 4.98 Å². The van der Waals surface area contributed by atoms with Gasteiger partial charge in [0.15, 0.2) is 0 Å². The highest BCUT2D eigenvalue weighted by molar-refractivity contribution is 6.05. The maximum Gasteiger partial charge on any atom is 0.257 e. The standard InChI is InChI=1S/C17H16N2O2/c1-12-8-9-18-16(11-12)19-17(21)15-7-3-5-14(13(15)2)6-4-10-20/h3,5,7-9,11,20H,10H2,1-2H3,(H,18,19,21). The molecule has 1 amide bonds. The molecule has 2 N–H and O–H groups in total. The van der Waals surface area contributed by atoms with Crippen LogP contribution in [0, 0.1) is 25.7 Å². The molecule has 0 atom stereocenters. The van der Waals surface area contributed by atoms with Gasteiger partial charge < -0.3 is 10.4 Å². The van der Waals surface area contributed by atoms with Gasteiger partial charge >= 0.3 is 0 Å². The Labute approximate surface area is 123 Å². The summed E-state index contributed by atoms with van der Waals surface area (Å²) in [7, 11) is 0. The third kappa shape index (κ3) is 3.68. The lowest BCUT2D eigenvalue weighted by Gasteiger charge is -2.08. The zero-order valence-corrected chi connectivity index (χ0v) is 12.0. The number of aliphatic hydroxyl groups excluding tert-OH is 1. The van der Waals surface area contributed by atoms with Crippen LogP contribution in [0.25, 0.3) is 0 Å².